The minimum absolute atomic E-state index is 0.0763. The minimum atomic E-state index is -0.506. The molecule has 31 heavy (non-hydrogen) atoms. The number of carbonyl (C=O) groups excluding carboxylic acids is 2. The highest BCUT2D eigenvalue weighted by Gasteiger charge is 2.52. The van der Waals surface area contributed by atoms with E-state index in [1.54, 1.807) is 4.90 Å². The number of anilines is 1. The van der Waals surface area contributed by atoms with Gasteiger partial charge in [0.25, 0.3) is 5.91 Å². The summed E-state index contributed by atoms with van der Waals surface area (Å²) >= 11 is 0. The van der Waals surface area contributed by atoms with Crippen LogP contribution >= 0.6 is 0 Å². The van der Waals surface area contributed by atoms with Crippen LogP contribution in [0.3, 0.4) is 0 Å². The predicted molar refractivity (Wildman–Crippen MR) is 119 cm³/mol. The molecular formula is C26H28N2O3. The number of hydrogen-bond acceptors (Lipinski definition) is 4. The smallest absolute Gasteiger partial charge is 0.295 e. The van der Waals surface area contributed by atoms with Gasteiger partial charge in [-0.25, -0.2) is 4.98 Å². The third-order valence-corrected chi connectivity index (χ3v) is 6.80. The fourth-order valence-corrected chi connectivity index (χ4v) is 5.12. The molecule has 0 saturated heterocycles. The molecule has 3 aliphatic rings. The molecule has 5 rings (SSSR count). The van der Waals surface area contributed by atoms with E-state index in [9.17, 15) is 9.59 Å². The lowest BCUT2D eigenvalue weighted by molar-refractivity contribution is -0.131. The fourth-order valence-electron chi connectivity index (χ4n) is 5.12. The average molecular weight is 417 g/mol. The Morgan fingerprint density at radius 2 is 1.77 bits per heavy atom. The first-order valence-corrected chi connectivity index (χ1v) is 11.3. The average Bonchev–Trinajstić information content (AvgIpc) is 3.06. The zero-order valence-corrected chi connectivity index (χ0v) is 18.3. The second kappa shape index (κ2) is 7.63. The summed E-state index contributed by atoms with van der Waals surface area (Å²) in [7, 11) is 0. The second-order valence-electron chi connectivity index (χ2n) is 9.19. The van der Waals surface area contributed by atoms with Crippen LogP contribution in [0, 0.1) is 12.8 Å². The highest BCUT2D eigenvalue weighted by molar-refractivity contribution is 6.17. The Kier molecular flexibility index (Phi) is 4.92. The molecular weight excluding hydrogens is 388 g/mol. The van der Waals surface area contributed by atoms with Crippen molar-refractivity contribution in [3.8, 4) is 0 Å². The molecule has 160 valence electrons. The van der Waals surface area contributed by atoms with Crippen LogP contribution in [0.1, 0.15) is 68.3 Å². The van der Waals surface area contributed by atoms with Crippen LogP contribution in [0.25, 0.3) is 0 Å². The van der Waals surface area contributed by atoms with Gasteiger partial charge in [0.1, 0.15) is 11.9 Å². The van der Waals surface area contributed by atoms with E-state index in [2.05, 4.69) is 31.0 Å². The van der Waals surface area contributed by atoms with Crippen LogP contribution in [0.4, 0.5) is 5.82 Å². The standard InChI is InChI=1S/C26H28N2O3/c1-15(2)17-11-13-18(14-12-17)23-22-24(29)19-8-4-5-9-20(19)31-25(22)26(30)28(23)21-10-6-7-16(3)27-21/h6-7,10-15,19-20,23H,4-5,8-9H2,1-3H3. The van der Waals surface area contributed by atoms with Gasteiger partial charge in [0.15, 0.2) is 11.5 Å². The third-order valence-electron chi connectivity index (χ3n) is 6.80. The first kappa shape index (κ1) is 20.0. The van der Waals surface area contributed by atoms with Crippen molar-refractivity contribution in [2.24, 2.45) is 5.92 Å². The van der Waals surface area contributed by atoms with Crippen molar-refractivity contribution in [1.82, 2.24) is 4.98 Å². The van der Waals surface area contributed by atoms with E-state index >= 15 is 0 Å². The second-order valence-corrected chi connectivity index (χ2v) is 9.19. The lowest BCUT2D eigenvalue weighted by Crippen LogP contribution is -2.39. The quantitative estimate of drug-likeness (QED) is 0.705. The summed E-state index contributed by atoms with van der Waals surface area (Å²) < 4.78 is 6.23. The molecule has 5 heteroatoms. The Bertz CT molecular complexity index is 1070. The van der Waals surface area contributed by atoms with Crippen molar-refractivity contribution in [2.75, 3.05) is 4.90 Å². The molecule has 1 aromatic heterocycles. The minimum Gasteiger partial charge on any atom is -0.483 e. The summed E-state index contributed by atoms with van der Waals surface area (Å²) in [6, 6.07) is 13.4. The van der Waals surface area contributed by atoms with Crippen LogP contribution < -0.4 is 4.90 Å². The number of ketones is 1. The summed E-state index contributed by atoms with van der Waals surface area (Å²) in [4.78, 5) is 33.5. The maximum absolute atomic E-state index is 13.7. The third kappa shape index (κ3) is 3.27. The van der Waals surface area contributed by atoms with Gasteiger partial charge >= 0.3 is 0 Å². The molecule has 3 unspecified atom stereocenters. The van der Waals surface area contributed by atoms with E-state index in [1.807, 2.05) is 37.3 Å². The Balaban J connectivity index is 1.64. The Hall–Kier alpha value is -2.95. The number of pyridine rings is 1. The van der Waals surface area contributed by atoms with Gasteiger partial charge in [-0.05, 0) is 55.4 Å². The number of ether oxygens (including phenoxy) is 1. The first-order valence-electron chi connectivity index (χ1n) is 11.3. The molecule has 1 aliphatic carbocycles. The lowest BCUT2D eigenvalue weighted by Gasteiger charge is -2.35. The summed E-state index contributed by atoms with van der Waals surface area (Å²) in [5.41, 5.74) is 3.47. The molecule has 1 fully saturated rings. The number of hydrogen-bond donors (Lipinski definition) is 0. The van der Waals surface area contributed by atoms with E-state index in [-0.39, 0.29) is 29.5 Å². The highest BCUT2D eigenvalue weighted by Crippen LogP contribution is 2.48. The van der Waals surface area contributed by atoms with Crippen molar-refractivity contribution in [3.05, 3.63) is 70.6 Å². The predicted octanol–water partition coefficient (Wildman–Crippen LogP) is 5.01. The van der Waals surface area contributed by atoms with Gasteiger partial charge < -0.3 is 4.74 Å². The van der Waals surface area contributed by atoms with Gasteiger partial charge in [0.05, 0.1) is 17.5 Å². The molecule has 3 heterocycles. The molecule has 1 saturated carbocycles. The molecule has 2 aliphatic heterocycles. The number of aromatic nitrogens is 1. The van der Waals surface area contributed by atoms with Gasteiger partial charge in [-0.1, -0.05) is 50.6 Å². The zero-order valence-electron chi connectivity index (χ0n) is 18.3. The number of aryl methyl sites for hydroxylation is 1. The van der Waals surface area contributed by atoms with Crippen molar-refractivity contribution >= 4 is 17.5 Å². The molecule has 1 amide bonds. The van der Waals surface area contributed by atoms with Crippen LogP contribution in [-0.4, -0.2) is 22.8 Å². The highest BCUT2D eigenvalue weighted by atomic mass is 16.5. The number of benzene rings is 1. The molecule has 5 nitrogen and oxygen atoms in total. The van der Waals surface area contributed by atoms with E-state index in [0.717, 1.165) is 36.9 Å². The molecule has 2 aromatic rings. The van der Waals surface area contributed by atoms with E-state index in [1.165, 1.54) is 5.56 Å². The monoisotopic (exact) mass is 416 g/mol. The van der Waals surface area contributed by atoms with Gasteiger partial charge in [-0.2, -0.15) is 0 Å². The van der Waals surface area contributed by atoms with Crippen LogP contribution in [-0.2, 0) is 14.3 Å². The Morgan fingerprint density at radius 1 is 1.03 bits per heavy atom. The summed E-state index contributed by atoms with van der Waals surface area (Å²) in [6.45, 7) is 6.21. The fraction of sp³-hybridized carbons (Fsp3) is 0.423. The summed E-state index contributed by atoms with van der Waals surface area (Å²) in [5, 5.41) is 0. The lowest BCUT2D eigenvalue weighted by atomic mass is 9.77. The molecule has 1 aromatic carbocycles. The van der Waals surface area contributed by atoms with Crippen molar-refractivity contribution in [2.45, 2.75) is 64.5 Å². The summed E-state index contributed by atoms with van der Waals surface area (Å²) in [6.07, 6.45) is 3.55. The van der Waals surface area contributed by atoms with Crippen molar-refractivity contribution in [1.29, 1.82) is 0 Å². The van der Waals surface area contributed by atoms with E-state index < -0.39 is 6.04 Å². The van der Waals surface area contributed by atoms with Crippen LogP contribution in [0.15, 0.2) is 53.8 Å². The molecule has 0 N–H and O–H groups in total. The number of amides is 1. The van der Waals surface area contributed by atoms with Gasteiger partial charge in [0, 0.05) is 5.69 Å². The van der Waals surface area contributed by atoms with E-state index in [4.69, 9.17) is 4.74 Å². The van der Waals surface area contributed by atoms with Crippen LogP contribution in [0.5, 0.6) is 0 Å². The largest absolute Gasteiger partial charge is 0.483 e. The maximum atomic E-state index is 13.7. The van der Waals surface area contributed by atoms with Crippen molar-refractivity contribution < 1.29 is 14.3 Å². The summed E-state index contributed by atoms with van der Waals surface area (Å²) in [5.74, 6) is 0.858. The number of rotatable bonds is 3. The van der Waals surface area contributed by atoms with Gasteiger partial charge in [0.2, 0.25) is 0 Å². The first-order chi connectivity index (χ1) is 15.0. The van der Waals surface area contributed by atoms with Gasteiger partial charge in [-0.3, -0.25) is 14.5 Å². The maximum Gasteiger partial charge on any atom is 0.295 e. The zero-order chi connectivity index (χ0) is 21.7. The molecule has 0 spiro atoms. The SMILES string of the molecule is Cc1cccc(N2C(=O)C3=C(C(=O)C4CCCCC4O3)C2c2ccc(C(C)C)cc2)n1. The Labute approximate surface area is 183 Å². The van der Waals surface area contributed by atoms with E-state index in [0.29, 0.717) is 17.3 Å². The molecule has 0 bridgehead atoms. The van der Waals surface area contributed by atoms with Crippen LogP contribution in [0.2, 0.25) is 0 Å². The molecule has 0 radical (unpaired) electrons. The number of carbonyl (C=O) groups is 2. The Morgan fingerprint density at radius 3 is 2.48 bits per heavy atom. The number of nitrogens with zero attached hydrogens (tertiary/aromatic N) is 2. The topological polar surface area (TPSA) is 59.5 Å². The molecule has 3 atom stereocenters. The van der Waals surface area contributed by atoms with Gasteiger partial charge in [-0.15, -0.1) is 0 Å². The number of fused-ring (bicyclic) bond motifs is 1. The number of Topliss-reactive ketones (excluding diaryl/α,β-unsaturated/α-hetero) is 1. The normalized spacial score (nSPS) is 25.5. The van der Waals surface area contributed by atoms with Crippen molar-refractivity contribution in [3.63, 3.8) is 0 Å².